The fraction of sp³-hybridized carbons (Fsp3) is 0.682. The molecule has 1 aromatic rings. The summed E-state index contributed by atoms with van der Waals surface area (Å²) >= 11 is 0. The molecule has 2 fully saturated rings. The van der Waals surface area contributed by atoms with E-state index in [9.17, 15) is 0 Å². The number of hydrogen-bond acceptors (Lipinski definition) is 2. The zero-order chi connectivity index (χ0) is 18.4. The van der Waals surface area contributed by atoms with Gasteiger partial charge in [-0.15, -0.1) is 0 Å². The van der Waals surface area contributed by atoms with E-state index in [1.807, 2.05) is 0 Å². The van der Waals surface area contributed by atoms with Crippen molar-refractivity contribution in [3.05, 3.63) is 35.9 Å². The number of piperidine rings is 1. The van der Waals surface area contributed by atoms with Crippen molar-refractivity contribution < 1.29 is 0 Å². The van der Waals surface area contributed by atoms with Gasteiger partial charge in [0, 0.05) is 37.1 Å². The highest BCUT2D eigenvalue weighted by molar-refractivity contribution is 5.80. The molecule has 1 saturated heterocycles. The van der Waals surface area contributed by atoms with Crippen molar-refractivity contribution in [1.82, 2.24) is 15.5 Å². The summed E-state index contributed by atoms with van der Waals surface area (Å²) in [5.41, 5.74) is 1.71. The Hall–Kier alpha value is -1.55. The lowest BCUT2D eigenvalue weighted by molar-refractivity contribution is 0.167. The van der Waals surface area contributed by atoms with E-state index in [0.29, 0.717) is 12.1 Å². The topological polar surface area (TPSA) is 39.7 Å². The lowest BCUT2D eigenvalue weighted by Gasteiger charge is -2.41. The molecule has 1 saturated carbocycles. The second kappa shape index (κ2) is 8.90. The second-order valence-corrected chi connectivity index (χ2v) is 8.24. The maximum Gasteiger partial charge on any atom is 0.191 e. The Morgan fingerprint density at radius 3 is 2.42 bits per heavy atom. The number of benzene rings is 1. The number of hydrogen-bond donors (Lipinski definition) is 2. The summed E-state index contributed by atoms with van der Waals surface area (Å²) in [5, 5.41) is 7.16. The van der Waals surface area contributed by atoms with E-state index < -0.39 is 0 Å². The van der Waals surface area contributed by atoms with Crippen LogP contribution in [0.25, 0.3) is 0 Å². The van der Waals surface area contributed by atoms with E-state index in [4.69, 9.17) is 4.99 Å². The summed E-state index contributed by atoms with van der Waals surface area (Å²) in [7, 11) is 0. The monoisotopic (exact) mass is 356 g/mol. The minimum Gasteiger partial charge on any atom is -0.357 e. The lowest BCUT2D eigenvalue weighted by atomic mass is 9.64. The molecular weight excluding hydrogens is 320 g/mol. The summed E-state index contributed by atoms with van der Waals surface area (Å²) in [6, 6.07) is 12.2. The molecule has 0 unspecified atom stereocenters. The van der Waals surface area contributed by atoms with Crippen LogP contribution in [0.2, 0.25) is 0 Å². The van der Waals surface area contributed by atoms with E-state index in [1.54, 1.807) is 0 Å². The third kappa shape index (κ3) is 4.59. The van der Waals surface area contributed by atoms with Crippen LogP contribution in [0.3, 0.4) is 0 Å². The Labute approximate surface area is 159 Å². The highest BCUT2D eigenvalue weighted by atomic mass is 15.2. The summed E-state index contributed by atoms with van der Waals surface area (Å²) in [5.74, 6) is 0.998. The fourth-order valence-corrected chi connectivity index (χ4v) is 4.24. The molecule has 2 N–H and O–H groups in total. The summed E-state index contributed by atoms with van der Waals surface area (Å²) < 4.78 is 0. The van der Waals surface area contributed by atoms with Crippen molar-refractivity contribution in [3.63, 3.8) is 0 Å². The smallest absolute Gasteiger partial charge is 0.191 e. The molecule has 1 heterocycles. The van der Waals surface area contributed by atoms with Gasteiger partial charge in [-0.2, -0.15) is 0 Å². The van der Waals surface area contributed by atoms with Crippen LogP contribution in [0.1, 0.15) is 58.4 Å². The Morgan fingerprint density at radius 2 is 1.88 bits per heavy atom. The van der Waals surface area contributed by atoms with Gasteiger partial charge in [0.05, 0.1) is 6.54 Å². The van der Waals surface area contributed by atoms with E-state index in [-0.39, 0.29) is 5.41 Å². The van der Waals surface area contributed by atoms with Gasteiger partial charge in [0.1, 0.15) is 0 Å². The van der Waals surface area contributed by atoms with E-state index in [0.717, 1.165) is 19.0 Å². The molecule has 0 amide bonds. The van der Waals surface area contributed by atoms with Crippen molar-refractivity contribution >= 4 is 5.96 Å². The Kier molecular flexibility index (Phi) is 6.58. The van der Waals surface area contributed by atoms with Gasteiger partial charge in [-0.3, -0.25) is 4.99 Å². The molecule has 2 aliphatic rings. The summed E-state index contributed by atoms with van der Waals surface area (Å²) in [6.45, 7) is 10.9. The predicted octanol–water partition coefficient (Wildman–Crippen LogP) is 3.54. The number of aliphatic imine (C=N–C) groups is 1. The van der Waals surface area contributed by atoms with Crippen molar-refractivity contribution in [2.45, 2.75) is 70.4 Å². The molecule has 144 valence electrons. The largest absolute Gasteiger partial charge is 0.357 e. The standard InChI is InChI=1S/C22H36N4/c1-4-23-21(25-20-11-15-26(16-12-20)18(2)3)24-17-22(13-8-14-22)19-9-6-5-7-10-19/h5-7,9-10,18,20H,4,8,11-17H2,1-3H3,(H2,23,24,25). The fourth-order valence-electron chi connectivity index (χ4n) is 4.24. The van der Waals surface area contributed by atoms with Crippen LogP contribution in [-0.4, -0.2) is 49.1 Å². The molecule has 0 aromatic heterocycles. The lowest BCUT2D eigenvalue weighted by Crippen LogP contribution is -2.50. The van der Waals surface area contributed by atoms with Crippen molar-refractivity contribution in [3.8, 4) is 0 Å². The molecule has 4 heteroatoms. The molecule has 0 radical (unpaired) electrons. The summed E-state index contributed by atoms with van der Waals surface area (Å²) in [4.78, 5) is 7.58. The van der Waals surface area contributed by atoms with Gasteiger partial charge in [-0.25, -0.2) is 0 Å². The molecule has 4 nitrogen and oxygen atoms in total. The van der Waals surface area contributed by atoms with Crippen LogP contribution in [-0.2, 0) is 5.41 Å². The molecular formula is C22H36N4. The first kappa shape index (κ1) is 19.2. The van der Waals surface area contributed by atoms with Crippen LogP contribution in [0, 0.1) is 0 Å². The second-order valence-electron chi connectivity index (χ2n) is 8.24. The highest BCUT2D eigenvalue weighted by Crippen LogP contribution is 2.43. The van der Waals surface area contributed by atoms with Crippen LogP contribution in [0.15, 0.2) is 35.3 Å². The average molecular weight is 357 g/mol. The van der Waals surface area contributed by atoms with Gasteiger partial charge in [0.15, 0.2) is 5.96 Å². The SMILES string of the molecule is CCNC(=NCC1(c2ccccc2)CCC1)NC1CCN(C(C)C)CC1. The van der Waals surface area contributed by atoms with Crippen LogP contribution in [0.4, 0.5) is 0 Å². The Bertz CT molecular complexity index is 569. The maximum absolute atomic E-state index is 5.01. The van der Waals surface area contributed by atoms with E-state index >= 15 is 0 Å². The number of nitrogens with zero attached hydrogens (tertiary/aromatic N) is 2. The molecule has 26 heavy (non-hydrogen) atoms. The van der Waals surface area contributed by atoms with Crippen LogP contribution in [0.5, 0.6) is 0 Å². The van der Waals surface area contributed by atoms with Gasteiger partial charge in [0.2, 0.25) is 0 Å². The van der Waals surface area contributed by atoms with E-state index in [2.05, 4.69) is 66.6 Å². The van der Waals surface area contributed by atoms with Crippen LogP contribution >= 0.6 is 0 Å². The Balaban J connectivity index is 1.61. The minimum absolute atomic E-state index is 0.255. The normalized spacial score (nSPS) is 21.5. The predicted molar refractivity (Wildman–Crippen MR) is 111 cm³/mol. The first-order valence-corrected chi connectivity index (χ1v) is 10.5. The molecule has 0 bridgehead atoms. The number of guanidine groups is 1. The van der Waals surface area contributed by atoms with Gasteiger partial charge in [-0.05, 0) is 52.0 Å². The van der Waals surface area contributed by atoms with Gasteiger partial charge in [-0.1, -0.05) is 36.8 Å². The zero-order valence-electron chi connectivity index (χ0n) is 16.8. The molecule has 0 spiro atoms. The van der Waals surface area contributed by atoms with Gasteiger partial charge in [0.25, 0.3) is 0 Å². The van der Waals surface area contributed by atoms with Crippen molar-refractivity contribution in [2.24, 2.45) is 4.99 Å². The molecule has 3 rings (SSSR count). The first-order valence-electron chi connectivity index (χ1n) is 10.5. The van der Waals surface area contributed by atoms with Gasteiger partial charge >= 0.3 is 0 Å². The first-order chi connectivity index (χ1) is 12.6. The Morgan fingerprint density at radius 1 is 1.19 bits per heavy atom. The van der Waals surface area contributed by atoms with Crippen molar-refractivity contribution in [1.29, 1.82) is 0 Å². The third-order valence-corrected chi connectivity index (χ3v) is 6.18. The average Bonchev–Trinajstić information content (AvgIpc) is 2.62. The van der Waals surface area contributed by atoms with Gasteiger partial charge < -0.3 is 15.5 Å². The number of likely N-dealkylation sites (tertiary alicyclic amines) is 1. The molecule has 1 aromatic carbocycles. The molecule has 1 aliphatic carbocycles. The minimum atomic E-state index is 0.255. The number of rotatable bonds is 6. The third-order valence-electron chi connectivity index (χ3n) is 6.18. The highest BCUT2D eigenvalue weighted by Gasteiger charge is 2.38. The van der Waals surface area contributed by atoms with E-state index in [1.165, 1.54) is 50.8 Å². The van der Waals surface area contributed by atoms with Crippen LogP contribution < -0.4 is 10.6 Å². The molecule has 0 atom stereocenters. The maximum atomic E-state index is 5.01. The quantitative estimate of drug-likeness (QED) is 0.605. The summed E-state index contributed by atoms with van der Waals surface area (Å²) in [6.07, 6.45) is 6.24. The van der Waals surface area contributed by atoms with Crippen molar-refractivity contribution in [2.75, 3.05) is 26.2 Å². The molecule has 1 aliphatic heterocycles. The zero-order valence-corrected chi connectivity index (χ0v) is 16.8. The number of nitrogens with one attached hydrogen (secondary N) is 2.